The first kappa shape index (κ1) is 19.0. The molecule has 1 amide bonds. The van der Waals surface area contributed by atoms with E-state index in [0.29, 0.717) is 0 Å². The Hall–Kier alpha value is -1.34. The van der Waals surface area contributed by atoms with Crippen LogP contribution in [-0.2, 0) is 4.79 Å². The van der Waals surface area contributed by atoms with E-state index in [1.54, 1.807) is 11.3 Å². The van der Waals surface area contributed by atoms with E-state index in [-0.39, 0.29) is 36.8 Å². The minimum absolute atomic E-state index is 0. The molecular weight excluding hydrogens is 367 g/mol. The number of anilines is 1. The van der Waals surface area contributed by atoms with Gasteiger partial charge in [0.1, 0.15) is 6.04 Å². The van der Waals surface area contributed by atoms with Gasteiger partial charge in [0.2, 0.25) is 5.91 Å². The molecule has 8 heteroatoms. The van der Waals surface area contributed by atoms with Crippen molar-refractivity contribution in [2.45, 2.75) is 6.04 Å². The highest BCUT2D eigenvalue weighted by atomic mass is 35.5. The van der Waals surface area contributed by atoms with Crippen LogP contribution in [-0.4, -0.2) is 54.6 Å². The summed E-state index contributed by atoms with van der Waals surface area (Å²) in [6, 6.07) is 8.09. The van der Waals surface area contributed by atoms with Gasteiger partial charge in [-0.3, -0.25) is 10.1 Å². The molecule has 1 aromatic heterocycles. The van der Waals surface area contributed by atoms with Crippen LogP contribution in [0, 0.1) is 0 Å². The molecule has 2 aliphatic heterocycles. The standard InChI is InChI=1S/C16H18N4OS.2ClH/c21-15(13-5-3-7-17-13)19-8-10-20(11-9-19)16-18-12-4-1-2-6-14(12)22-16;;/h1-6,13,17H,7-11H2;2*1H. The third-order valence-corrected chi connectivity index (χ3v) is 5.29. The maximum Gasteiger partial charge on any atom is 0.243 e. The number of nitrogens with zero attached hydrogens (tertiary/aromatic N) is 3. The van der Waals surface area contributed by atoms with Gasteiger partial charge in [0.15, 0.2) is 5.13 Å². The van der Waals surface area contributed by atoms with Gasteiger partial charge >= 0.3 is 0 Å². The quantitative estimate of drug-likeness (QED) is 0.804. The molecule has 1 N–H and O–H groups in total. The van der Waals surface area contributed by atoms with Gasteiger partial charge in [-0.1, -0.05) is 35.6 Å². The largest absolute Gasteiger partial charge is 0.345 e. The van der Waals surface area contributed by atoms with Crippen molar-refractivity contribution in [3.63, 3.8) is 0 Å². The van der Waals surface area contributed by atoms with E-state index < -0.39 is 0 Å². The molecule has 1 fully saturated rings. The molecule has 1 unspecified atom stereocenters. The number of amides is 1. The second-order valence-corrected chi connectivity index (χ2v) is 6.60. The van der Waals surface area contributed by atoms with Crippen molar-refractivity contribution in [2.75, 3.05) is 37.6 Å². The predicted octanol–water partition coefficient (Wildman–Crippen LogP) is 2.32. The van der Waals surface area contributed by atoms with Gasteiger partial charge in [0, 0.05) is 32.7 Å². The normalized spacial score (nSPS) is 19.9. The van der Waals surface area contributed by atoms with Gasteiger partial charge < -0.3 is 9.80 Å². The number of hydrogen-bond acceptors (Lipinski definition) is 5. The lowest BCUT2D eigenvalue weighted by Crippen LogP contribution is -2.53. The highest BCUT2D eigenvalue weighted by Crippen LogP contribution is 2.29. The molecule has 24 heavy (non-hydrogen) atoms. The van der Waals surface area contributed by atoms with Crippen molar-refractivity contribution < 1.29 is 4.79 Å². The molecule has 1 aromatic carbocycles. The Bertz CT molecular complexity index is 695. The summed E-state index contributed by atoms with van der Waals surface area (Å²) in [5.41, 5.74) is 1.06. The van der Waals surface area contributed by atoms with E-state index >= 15 is 0 Å². The van der Waals surface area contributed by atoms with Crippen LogP contribution in [0.1, 0.15) is 0 Å². The van der Waals surface area contributed by atoms with Crippen LogP contribution in [0.3, 0.4) is 0 Å². The first-order chi connectivity index (χ1) is 10.8. The summed E-state index contributed by atoms with van der Waals surface area (Å²) in [6.45, 7) is 4.02. The lowest BCUT2D eigenvalue weighted by Gasteiger charge is -2.35. The summed E-state index contributed by atoms with van der Waals surface area (Å²) in [7, 11) is 0. The minimum Gasteiger partial charge on any atom is -0.345 e. The fraction of sp³-hybridized carbons (Fsp3) is 0.375. The molecule has 0 aliphatic carbocycles. The number of carbonyl (C=O) groups is 1. The first-order valence-corrected chi connectivity index (χ1v) is 8.42. The Morgan fingerprint density at radius 1 is 1.17 bits per heavy atom. The second-order valence-electron chi connectivity index (χ2n) is 5.59. The number of carbonyl (C=O) groups excluding carboxylic acids is 1. The van der Waals surface area contributed by atoms with Gasteiger partial charge in [-0.05, 0) is 12.1 Å². The number of piperazine rings is 1. The number of rotatable bonds is 2. The van der Waals surface area contributed by atoms with Crippen LogP contribution < -0.4 is 10.2 Å². The van der Waals surface area contributed by atoms with Gasteiger partial charge in [0.05, 0.1) is 10.2 Å². The Kier molecular flexibility index (Phi) is 6.46. The number of fused-ring (bicyclic) bond motifs is 1. The van der Waals surface area contributed by atoms with E-state index in [4.69, 9.17) is 4.98 Å². The molecule has 1 saturated heterocycles. The molecule has 5 nitrogen and oxygen atoms in total. The predicted molar refractivity (Wildman–Crippen MR) is 104 cm³/mol. The van der Waals surface area contributed by atoms with Crippen molar-refractivity contribution in [3.05, 3.63) is 36.4 Å². The van der Waals surface area contributed by atoms with E-state index in [1.165, 1.54) is 4.70 Å². The highest BCUT2D eigenvalue weighted by molar-refractivity contribution is 7.22. The van der Waals surface area contributed by atoms with Gasteiger partial charge in [-0.25, -0.2) is 4.98 Å². The maximum atomic E-state index is 12.4. The van der Waals surface area contributed by atoms with Crippen LogP contribution in [0.15, 0.2) is 36.4 Å². The van der Waals surface area contributed by atoms with Crippen LogP contribution in [0.2, 0.25) is 0 Å². The minimum atomic E-state index is -0.131. The van der Waals surface area contributed by atoms with E-state index in [1.807, 2.05) is 35.3 Å². The third-order valence-electron chi connectivity index (χ3n) is 4.19. The van der Waals surface area contributed by atoms with Gasteiger partial charge in [0.25, 0.3) is 0 Å². The molecule has 2 aliphatic rings. The van der Waals surface area contributed by atoms with Crippen LogP contribution in [0.25, 0.3) is 10.2 Å². The van der Waals surface area contributed by atoms with Crippen molar-refractivity contribution in [1.82, 2.24) is 15.2 Å². The molecule has 2 aromatic rings. The molecule has 3 heterocycles. The summed E-state index contributed by atoms with van der Waals surface area (Å²) in [6.07, 6.45) is 3.97. The lowest BCUT2D eigenvalue weighted by atomic mass is 10.2. The Balaban J connectivity index is 0.00000104. The second kappa shape index (κ2) is 8.16. The molecule has 0 radical (unpaired) electrons. The van der Waals surface area contributed by atoms with Crippen molar-refractivity contribution in [2.24, 2.45) is 0 Å². The Morgan fingerprint density at radius 2 is 1.92 bits per heavy atom. The number of thiazole rings is 1. The monoisotopic (exact) mass is 386 g/mol. The van der Waals surface area contributed by atoms with Crippen LogP contribution >= 0.6 is 36.2 Å². The Morgan fingerprint density at radius 3 is 2.58 bits per heavy atom. The summed E-state index contributed by atoms with van der Waals surface area (Å²) >= 11 is 1.73. The zero-order valence-electron chi connectivity index (χ0n) is 13.1. The summed E-state index contributed by atoms with van der Waals surface area (Å²) in [5.74, 6) is 0.192. The SMILES string of the molecule is Cl.Cl.O=C(C1C=CCN1)N1CCN(c2nc3ccccc3s2)CC1. The zero-order chi connectivity index (χ0) is 14.9. The number of benzene rings is 1. The summed E-state index contributed by atoms with van der Waals surface area (Å²) < 4.78 is 1.22. The number of halogens is 2. The fourth-order valence-electron chi connectivity index (χ4n) is 2.95. The number of nitrogens with one attached hydrogen (secondary N) is 1. The number of aromatic nitrogens is 1. The maximum absolute atomic E-state index is 12.4. The highest BCUT2D eigenvalue weighted by Gasteiger charge is 2.27. The van der Waals surface area contributed by atoms with E-state index in [0.717, 1.165) is 43.4 Å². The molecule has 0 bridgehead atoms. The molecule has 4 rings (SSSR count). The Labute approximate surface area is 157 Å². The van der Waals surface area contributed by atoms with E-state index in [2.05, 4.69) is 16.3 Å². The summed E-state index contributed by atoms with van der Waals surface area (Å²) in [4.78, 5) is 21.3. The summed E-state index contributed by atoms with van der Waals surface area (Å²) in [5, 5.41) is 4.25. The molecule has 1 atom stereocenters. The number of hydrogen-bond donors (Lipinski definition) is 1. The topological polar surface area (TPSA) is 48.5 Å². The van der Waals surface area contributed by atoms with Crippen molar-refractivity contribution in [3.8, 4) is 0 Å². The zero-order valence-corrected chi connectivity index (χ0v) is 15.5. The molecule has 0 saturated carbocycles. The fourth-order valence-corrected chi connectivity index (χ4v) is 3.96. The van der Waals surface area contributed by atoms with Gasteiger partial charge in [-0.2, -0.15) is 0 Å². The van der Waals surface area contributed by atoms with Crippen molar-refractivity contribution in [1.29, 1.82) is 0 Å². The molecular formula is C16H20Cl2N4OS. The lowest BCUT2D eigenvalue weighted by molar-refractivity contribution is -0.132. The molecule has 0 spiro atoms. The van der Waals surface area contributed by atoms with Gasteiger partial charge in [-0.15, -0.1) is 24.8 Å². The average Bonchev–Trinajstić information content (AvgIpc) is 3.23. The third kappa shape index (κ3) is 3.67. The van der Waals surface area contributed by atoms with E-state index in [9.17, 15) is 4.79 Å². The number of para-hydroxylation sites is 1. The van der Waals surface area contributed by atoms with Crippen LogP contribution in [0.4, 0.5) is 5.13 Å². The average molecular weight is 387 g/mol. The van der Waals surface area contributed by atoms with Crippen LogP contribution in [0.5, 0.6) is 0 Å². The smallest absolute Gasteiger partial charge is 0.243 e. The van der Waals surface area contributed by atoms with Crippen molar-refractivity contribution >= 4 is 57.4 Å². The molecule has 130 valence electrons. The first-order valence-electron chi connectivity index (χ1n) is 7.60.